The largest absolute Gasteiger partial charge is 0.497 e. The molecule has 194 valence electrons. The molecule has 0 bridgehead atoms. The first kappa shape index (κ1) is 25.7. The Bertz CT molecular complexity index is 1600. The number of rotatable bonds is 8. The molecule has 0 spiro atoms. The Labute approximate surface area is 222 Å². The van der Waals surface area contributed by atoms with Gasteiger partial charge in [0.15, 0.2) is 16.6 Å². The zero-order valence-corrected chi connectivity index (χ0v) is 21.3. The second-order valence-electron chi connectivity index (χ2n) is 7.87. The number of alkyl halides is 3. The van der Waals surface area contributed by atoms with E-state index in [0.717, 1.165) is 34.8 Å². The van der Waals surface area contributed by atoms with Gasteiger partial charge in [-0.3, -0.25) is 4.79 Å². The molecular formula is C25H18F3N5O3S2. The lowest BCUT2D eigenvalue weighted by Crippen LogP contribution is -2.22. The first-order valence-corrected chi connectivity index (χ1v) is 12.9. The molecule has 0 radical (unpaired) electrons. The van der Waals surface area contributed by atoms with Crippen molar-refractivity contribution < 1.29 is 22.6 Å². The predicted octanol–water partition coefficient (Wildman–Crippen LogP) is 5.53. The Balaban J connectivity index is 1.37. The highest BCUT2D eigenvalue weighted by atomic mass is 32.2. The fraction of sp³-hybridized carbons (Fsp3) is 0.160. The molecule has 38 heavy (non-hydrogen) atoms. The van der Waals surface area contributed by atoms with Crippen molar-refractivity contribution in [1.29, 1.82) is 0 Å². The number of methoxy groups -OCH3 is 1. The molecule has 0 aliphatic rings. The van der Waals surface area contributed by atoms with Crippen molar-refractivity contribution in [2.45, 2.75) is 23.7 Å². The number of ether oxygens (including phenoxy) is 2. The van der Waals surface area contributed by atoms with Gasteiger partial charge >= 0.3 is 6.18 Å². The van der Waals surface area contributed by atoms with Gasteiger partial charge in [-0.15, -0.1) is 11.3 Å². The van der Waals surface area contributed by atoms with E-state index in [1.807, 2.05) is 24.3 Å². The summed E-state index contributed by atoms with van der Waals surface area (Å²) in [7, 11) is 1.59. The monoisotopic (exact) mass is 557 g/mol. The summed E-state index contributed by atoms with van der Waals surface area (Å²) < 4.78 is 51.2. The van der Waals surface area contributed by atoms with Crippen LogP contribution in [0.15, 0.2) is 76.4 Å². The highest BCUT2D eigenvalue weighted by Crippen LogP contribution is 2.30. The standard InChI is InChI=1S/C25H18F3N5O3S2/c1-35-18-8-4-15(5-9-18)12-36-20-11-29-19(10-30-20)33-23(34)21-22(31-14-38-21)32-24(33)37-13-16-2-6-17(7-3-16)25(26,27)28/h2-11,14H,12-13H2,1H3. The minimum Gasteiger partial charge on any atom is -0.497 e. The van der Waals surface area contributed by atoms with Crippen molar-refractivity contribution in [3.8, 4) is 17.4 Å². The lowest BCUT2D eigenvalue weighted by Gasteiger charge is -2.12. The normalized spacial score (nSPS) is 11.6. The summed E-state index contributed by atoms with van der Waals surface area (Å²) >= 11 is 2.34. The van der Waals surface area contributed by atoms with Gasteiger partial charge in [0.25, 0.3) is 5.56 Å². The molecule has 0 N–H and O–H groups in total. The second kappa shape index (κ2) is 10.8. The number of aromatic nitrogens is 5. The molecule has 0 aliphatic carbocycles. The van der Waals surface area contributed by atoms with E-state index in [1.54, 1.807) is 7.11 Å². The number of fused-ring (bicyclic) bond motifs is 1. The van der Waals surface area contributed by atoms with E-state index in [2.05, 4.69) is 19.9 Å². The van der Waals surface area contributed by atoms with Gasteiger partial charge in [-0.05, 0) is 35.4 Å². The first-order valence-electron chi connectivity index (χ1n) is 11.0. The fourth-order valence-electron chi connectivity index (χ4n) is 3.41. The van der Waals surface area contributed by atoms with Crippen molar-refractivity contribution in [3.63, 3.8) is 0 Å². The molecule has 5 rings (SSSR count). The number of thiazole rings is 1. The minimum atomic E-state index is -4.41. The highest BCUT2D eigenvalue weighted by molar-refractivity contribution is 7.98. The van der Waals surface area contributed by atoms with Gasteiger partial charge in [-0.25, -0.2) is 24.5 Å². The Morgan fingerprint density at radius 3 is 2.37 bits per heavy atom. The second-order valence-corrected chi connectivity index (χ2v) is 9.67. The maximum atomic E-state index is 13.3. The van der Waals surface area contributed by atoms with Crippen LogP contribution >= 0.6 is 23.1 Å². The predicted molar refractivity (Wildman–Crippen MR) is 137 cm³/mol. The lowest BCUT2D eigenvalue weighted by atomic mass is 10.1. The quantitative estimate of drug-likeness (QED) is 0.182. The van der Waals surface area contributed by atoms with E-state index in [0.29, 0.717) is 15.9 Å². The Hall–Kier alpha value is -3.97. The molecule has 5 aromatic rings. The molecule has 0 saturated heterocycles. The molecule has 3 heterocycles. The van der Waals surface area contributed by atoms with Crippen molar-refractivity contribution in [2.75, 3.05) is 7.11 Å². The summed E-state index contributed by atoms with van der Waals surface area (Å²) in [5, 5.41) is 0.287. The highest BCUT2D eigenvalue weighted by Gasteiger charge is 2.30. The first-order chi connectivity index (χ1) is 18.3. The van der Waals surface area contributed by atoms with E-state index in [4.69, 9.17) is 9.47 Å². The van der Waals surface area contributed by atoms with Crippen LogP contribution < -0.4 is 15.0 Å². The van der Waals surface area contributed by atoms with E-state index in [-0.39, 0.29) is 34.8 Å². The summed E-state index contributed by atoms with van der Waals surface area (Å²) in [5.41, 5.74) is 2.27. The summed E-state index contributed by atoms with van der Waals surface area (Å²) in [4.78, 5) is 30.5. The maximum Gasteiger partial charge on any atom is 0.416 e. The molecular weight excluding hydrogens is 539 g/mol. The number of nitrogens with zero attached hydrogens (tertiary/aromatic N) is 5. The maximum absolute atomic E-state index is 13.3. The Morgan fingerprint density at radius 1 is 0.974 bits per heavy atom. The SMILES string of the molecule is COc1ccc(COc2cnc(-n3c(SCc4ccc(C(F)(F)F)cc4)nc4ncsc4c3=O)cn2)cc1. The van der Waals surface area contributed by atoms with E-state index in [1.165, 1.54) is 46.4 Å². The van der Waals surface area contributed by atoms with Crippen LogP contribution in [0.5, 0.6) is 11.6 Å². The van der Waals surface area contributed by atoms with Crippen LogP contribution in [0.1, 0.15) is 16.7 Å². The molecule has 0 unspecified atom stereocenters. The smallest absolute Gasteiger partial charge is 0.416 e. The third-order valence-electron chi connectivity index (χ3n) is 5.38. The lowest BCUT2D eigenvalue weighted by molar-refractivity contribution is -0.137. The van der Waals surface area contributed by atoms with Crippen molar-refractivity contribution >= 4 is 33.4 Å². The molecule has 0 amide bonds. The zero-order chi connectivity index (χ0) is 26.7. The Morgan fingerprint density at radius 2 is 1.71 bits per heavy atom. The van der Waals surface area contributed by atoms with E-state index >= 15 is 0 Å². The average molecular weight is 558 g/mol. The average Bonchev–Trinajstić information content (AvgIpc) is 3.40. The minimum absolute atomic E-state index is 0.226. The van der Waals surface area contributed by atoms with E-state index < -0.39 is 11.7 Å². The number of benzene rings is 2. The Kier molecular flexibility index (Phi) is 7.29. The molecule has 0 aliphatic heterocycles. The van der Waals surface area contributed by atoms with Gasteiger partial charge in [-0.1, -0.05) is 36.0 Å². The van der Waals surface area contributed by atoms with Crippen LogP contribution in [0.2, 0.25) is 0 Å². The summed E-state index contributed by atoms with van der Waals surface area (Å²) in [5.74, 6) is 1.51. The number of halogens is 3. The summed E-state index contributed by atoms with van der Waals surface area (Å²) in [6.07, 6.45) is -1.60. The van der Waals surface area contributed by atoms with Crippen LogP contribution in [0.3, 0.4) is 0 Å². The van der Waals surface area contributed by atoms with Crippen molar-refractivity contribution in [2.24, 2.45) is 0 Å². The topological polar surface area (TPSA) is 92.0 Å². The van der Waals surface area contributed by atoms with Gasteiger partial charge in [0.05, 0.1) is 30.6 Å². The molecule has 3 aromatic heterocycles. The molecule has 2 aromatic carbocycles. The van der Waals surface area contributed by atoms with Crippen LogP contribution in [-0.4, -0.2) is 31.6 Å². The zero-order valence-electron chi connectivity index (χ0n) is 19.7. The van der Waals surface area contributed by atoms with Gasteiger partial charge in [0.1, 0.15) is 17.1 Å². The summed E-state index contributed by atoms with van der Waals surface area (Å²) in [6, 6.07) is 12.2. The van der Waals surface area contributed by atoms with Crippen LogP contribution in [0.4, 0.5) is 13.2 Å². The fourth-order valence-corrected chi connectivity index (χ4v) is 5.01. The van der Waals surface area contributed by atoms with Crippen LogP contribution in [0.25, 0.3) is 16.2 Å². The number of thioether (sulfide) groups is 1. The third-order valence-corrected chi connectivity index (χ3v) is 7.19. The number of hydrogen-bond acceptors (Lipinski definition) is 9. The van der Waals surface area contributed by atoms with Gasteiger partial charge in [0.2, 0.25) is 5.88 Å². The van der Waals surface area contributed by atoms with Crippen molar-refractivity contribution in [3.05, 3.63) is 93.5 Å². The van der Waals surface area contributed by atoms with Gasteiger partial charge in [-0.2, -0.15) is 13.2 Å². The van der Waals surface area contributed by atoms with Crippen molar-refractivity contribution in [1.82, 2.24) is 24.5 Å². The summed E-state index contributed by atoms with van der Waals surface area (Å²) in [6.45, 7) is 0.264. The van der Waals surface area contributed by atoms with Gasteiger partial charge < -0.3 is 9.47 Å². The number of hydrogen-bond donors (Lipinski definition) is 0. The van der Waals surface area contributed by atoms with Crippen LogP contribution in [0, 0.1) is 0 Å². The molecule has 8 nitrogen and oxygen atoms in total. The molecule has 0 atom stereocenters. The molecule has 0 fully saturated rings. The molecule has 0 saturated carbocycles. The van der Waals surface area contributed by atoms with Crippen LogP contribution in [-0.2, 0) is 18.5 Å². The van der Waals surface area contributed by atoms with E-state index in [9.17, 15) is 18.0 Å². The van der Waals surface area contributed by atoms with Gasteiger partial charge in [0, 0.05) is 5.75 Å². The molecule has 13 heteroatoms. The third kappa shape index (κ3) is 5.63.